The summed E-state index contributed by atoms with van der Waals surface area (Å²) in [5, 5.41) is 6.84. The third kappa shape index (κ3) is 3.57. The number of rotatable bonds is 5. The molecule has 0 saturated heterocycles. The molecule has 0 bridgehead atoms. The molecule has 0 unspecified atom stereocenters. The zero-order chi connectivity index (χ0) is 16.4. The normalized spacial score (nSPS) is 13.5. The predicted octanol–water partition coefficient (Wildman–Crippen LogP) is 5.22. The third-order valence-corrected chi connectivity index (χ3v) is 4.52. The average Bonchev–Trinajstić information content (AvgIpc) is 3.42. The van der Waals surface area contributed by atoms with Crippen LogP contribution in [0.25, 0.3) is 11.4 Å². The minimum absolute atomic E-state index is 0.542. The van der Waals surface area contributed by atoms with Gasteiger partial charge in [-0.1, -0.05) is 42.5 Å². The van der Waals surface area contributed by atoms with E-state index in [-0.39, 0.29) is 0 Å². The fraction of sp³-hybridized carbons (Fsp3) is 0.158. The number of halogens is 1. The van der Waals surface area contributed by atoms with Crippen LogP contribution in [0, 0.1) is 0 Å². The maximum Gasteiger partial charge on any atom is 0.163 e. The number of para-hydroxylation sites is 1. The molecule has 1 aliphatic carbocycles. The first-order valence-electron chi connectivity index (χ1n) is 8.00. The van der Waals surface area contributed by atoms with Crippen molar-refractivity contribution < 1.29 is 0 Å². The topological polar surface area (TPSA) is 49.8 Å². The van der Waals surface area contributed by atoms with Gasteiger partial charge in [0.05, 0.1) is 5.69 Å². The number of anilines is 3. The standard InChI is InChI=1S/C19H17BrN4/c20-15-8-4-5-9-16(15)22-18-12-17(21-14-10-11-14)23-19(24-18)13-6-2-1-3-7-13/h1-9,12,14H,10-11H2,(H2,21,22,23,24). The maximum atomic E-state index is 4.68. The molecular formula is C19H17BrN4. The van der Waals surface area contributed by atoms with E-state index in [2.05, 4.69) is 36.5 Å². The summed E-state index contributed by atoms with van der Waals surface area (Å²) >= 11 is 3.56. The number of hydrogen-bond acceptors (Lipinski definition) is 4. The highest BCUT2D eigenvalue weighted by atomic mass is 79.9. The lowest BCUT2D eigenvalue weighted by atomic mass is 10.2. The van der Waals surface area contributed by atoms with E-state index in [0.29, 0.717) is 6.04 Å². The van der Waals surface area contributed by atoms with Crippen LogP contribution in [0.3, 0.4) is 0 Å². The number of benzene rings is 2. The number of hydrogen-bond donors (Lipinski definition) is 2. The van der Waals surface area contributed by atoms with Gasteiger partial charge in [-0.05, 0) is 40.9 Å². The van der Waals surface area contributed by atoms with E-state index in [9.17, 15) is 0 Å². The van der Waals surface area contributed by atoms with Gasteiger partial charge in [0.15, 0.2) is 5.82 Å². The highest BCUT2D eigenvalue weighted by molar-refractivity contribution is 9.10. The predicted molar refractivity (Wildman–Crippen MR) is 102 cm³/mol. The molecule has 1 fully saturated rings. The SMILES string of the molecule is Brc1ccccc1Nc1cc(NC2CC2)nc(-c2ccccc2)n1. The van der Waals surface area contributed by atoms with Gasteiger partial charge >= 0.3 is 0 Å². The van der Waals surface area contributed by atoms with Crippen molar-refractivity contribution in [3.63, 3.8) is 0 Å². The van der Waals surface area contributed by atoms with Gasteiger partial charge < -0.3 is 10.6 Å². The highest BCUT2D eigenvalue weighted by Crippen LogP contribution is 2.29. The number of aromatic nitrogens is 2. The molecule has 0 radical (unpaired) electrons. The quantitative estimate of drug-likeness (QED) is 0.636. The van der Waals surface area contributed by atoms with Crippen LogP contribution in [0.2, 0.25) is 0 Å². The lowest BCUT2D eigenvalue weighted by molar-refractivity contribution is 1.09. The molecule has 120 valence electrons. The van der Waals surface area contributed by atoms with Gasteiger partial charge in [0.2, 0.25) is 0 Å². The molecule has 1 heterocycles. The third-order valence-electron chi connectivity index (χ3n) is 3.82. The van der Waals surface area contributed by atoms with E-state index in [1.54, 1.807) is 0 Å². The van der Waals surface area contributed by atoms with E-state index in [0.717, 1.165) is 33.2 Å². The van der Waals surface area contributed by atoms with E-state index >= 15 is 0 Å². The van der Waals surface area contributed by atoms with Crippen LogP contribution in [0.4, 0.5) is 17.3 Å². The van der Waals surface area contributed by atoms with Crippen LogP contribution >= 0.6 is 15.9 Å². The van der Waals surface area contributed by atoms with Crippen LogP contribution in [0.1, 0.15) is 12.8 Å². The molecule has 2 aromatic carbocycles. The second-order valence-corrected chi connectivity index (χ2v) is 6.71. The van der Waals surface area contributed by atoms with E-state index in [1.807, 2.05) is 60.7 Å². The van der Waals surface area contributed by atoms with Crippen LogP contribution in [0.5, 0.6) is 0 Å². The molecule has 0 spiro atoms. The molecular weight excluding hydrogens is 364 g/mol. The monoisotopic (exact) mass is 380 g/mol. The Morgan fingerprint density at radius 2 is 1.58 bits per heavy atom. The molecule has 3 aromatic rings. The fourth-order valence-electron chi connectivity index (χ4n) is 2.44. The minimum atomic E-state index is 0.542. The minimum Gasteiger partial charge on any atom is -0.367 e. The molecule has 24 heavy (non-hydrogen) atoms. The van der Waals surface area contributed by atoms with E-state index in [4.69, 9.17) is 0 Å². The molecule has 0 amide bonds. The summed E-state index contributed by atoms with van der Waals surface area (Å²) in [5.41, 5.74) is 1.99. The smallest absolute Gasteiger partial charge is 0.163 e. The summed E-state index contributed by atoms with van der Waals surface area (Å²) < 4.78 is 1.00. The Labute approximate surface area is 149 Å². The Bertz CT molecular complexity index is 847. The summed E-state index contributed by atoms with van der Waals surface area (Å²) in [6.45, 7) is 0. The van der Waals surface area contributed by atoms with Crippen molar-refractivity contribution >= 4 is 33.3 Å². The van der Waals surface area contributed by atoms with Crippen LogP contribution in [0.15, 0.2) is 65.1 Å². The van der Waals surface area contributed by atoms with Gasteiger partial charge in [0.25, 0.3) is 0 Å². The summed E-state index contributed by atoms with van der Waals surface area (Å²) in [5.74, 6) is 2.36. The Morgan fingerprint density at radius 3 is 2.33 bits per heavy atom. The first kappa shape index (κ1) is 15.1. The molecule has 1 aliphatic rings. The lowest BCUT2D eigenvalue weighted by Gasteiger charge is -2.12. The van der Waals surface area contributed by atoms with E-state index in [1.165, 1.54) is 12.8 Å². The van der Waals surface area contributed by atoms with Gasteiger partial charge in [-0.15, -0.1) is 0 Å². The van der Waals surface area contributed by atoms with Crippen LogP contribution < -0.4 is 10.6 Å². The molecule has 5 heteroatoms. The van der Waals surface area contributed by atoms with Crippen molar-refractivity contribution in [3.05, 3.63) is 65.1 Å². The average molecular weight is 381 g/mol. The second kappa shape index (κ2) is 6.61. The van der Waals surface area contributed by atoms with Crippen molar-refractivity contribution in [2.24, 2.45) is 0 Å². The first-order chi connectivity index (χ1) is 11.8. The Hall–Kier alpha value is -2.40. The molecule has 1 saturated carbocycles. The summed E-state index contributed by atoms with van der Waals surface area (Å²) in [7, 11) is 0. The van der Waals surface area contributed by atoms with Gasteiger partial charge in [0.1, 0.15) is 11.6 Å². The first-order valence-corrected chi connectivity index (χ1v) is 8.80. The summed E-state index contributed by atoms with van der Waals surface area (Å²) in [4.78, 5) is 9.36. The second-order valence-electron chi connectivity index (χ2n) is 5.85. The Kier molecular flexibility index (Phi) is 4.17. The van der Waals surface area contributed by atoms with Crippen LogP contribution in [-0.4, -0.2) is 16.0 Å². The van der Waals surface area contributed by atoms with Gasteiger partial charge in [0, 0.05) is 22.1 Å². The molecule has 0 aliphatic heterocycles. The van der Waals surface area contributed by atoms with Crippen molar-refractivity contribution in [2.45, 2.75) is 18.9 Å². The molecule has 2 N–H and O–H groups in total. The van der Waals surface area contributed by atoms with Crippen LogP contribution in [-0.2, 0) is 0 Å². The fourth-order valence-corrected chi connectivity index (χ4v) is 2.82. The largest absolute Gasteiger partial charge is 0.367 e. The lowest BCUT2D eigenvalue weighted by Crippen LogP contribution is -2.06. The van der Waals surface area contributed by atoms with Crippen molar-refractivity contribution in [3.8, 4) is 11.4 Å². The Morgan fingerprint density at radius 1 is 0.875 bits per heavy atom. The van der Waals surface area contributed by atoms with Crippen molar-refractivity contribution in [1.29, 1.82) is 0 Å². The highest BCUT2D eigenvalue weighted by Gasteiger charge is 2.22. The molecule has 4 rings (SSSR count). The summed E-state index contributed by atoms with van der Waals surface area (Å²) in [6, 6.07) is 20.6. The molecule has 0 atom stereocenters. The van der Waals surface area contributed by atoms with Gasteiger partial charge in [-0.2, -0.15) is 0 Å². The van der Waals surface area contributed by atoms with Crippen molar-refractivity contribution in [2.75, 3.05) is 10.6 Å². The zero-order valence-corrected chi connectivity index (χ0v) is 14.6. The van der Waals surface area contributed by atoms with Crippen molar-refractivity contribution in [1.82, 2.24) is 9.97 Å². The molecule has 4 nitrogen and oxygen atoms in total. The Balaban J connectivity index is 1.71. The molecule has 1 aromatic heterocycles. The van der Waals surface area contributed by atoms with Gasteiger partial charge in [-0.3, -0.25) is 0 Å². The number of nitrogens with zero attached hydrogens (tertiary/aromatic N) is 2. The summed E-state index contributed by atoms with van der Waals surface area (Å²) in [6.07, 6.45) is 2.41. The maximum absolute atomic E-state index is 4.68. The van der Waals surface area contributed by atoms with Gasteiger partial charge in [-0.25, -0.2) is 9.97 Å². The van der Waals surface area contributed by atoms with E-state index < -0.39 is 0 Å². The number of nitrogens with one attached hydrogen (secondary N) is 2. The zero-order valence-electron chi connectivity index (χ0n) is 13.0.